The smallest absolute Gasteiger partial charge is 0.142 e. The lowest BCUT2D eigenvalue weighted by Crippen LogP contribution is -1.72. The van der Waals surface area contributed by atoms with Crippen LogP contribution in [0.3, 0.4) is 0 Å². The van der Waals surface area contributed by atoms with Crippen molar-refractivity contribution in [3.63, 3.8) is 0 Å². The number of aldehydes is 1. The second-order valence-corrected chi connectivity index (χ2v) is 2.79. The number of allylic oxidation sites excluding steroid dienone is 3. The third-order valence-electron chi connectivity index (χ3n) is 1.63. The first-order valence-electron chi connectivity index (χ1n) is 4.18. The van der Waals surface area contributed by atoms with E-state index in [9.17, 15) is 4.79 Å². The zero-order valence-electron chi connectivity index (χ0n) is 7.60. The molecule has 1 aromatic carbocycles. The Bertz CT molecular complexity index is 320. The molecule has 66 valence electrons. The average Bonchev–Trinajstić information content (AvgIpc) is 2.16. The minimum absolute atomic E-state index is 0.780. The lowest BCUT2D eigenvalue weighted by molar-refractivity contribution is -0.104. The third kappa shape index (κ3) is 3.52. The number of hydrogen-bond acceptors (Lipinski definition) is 1. The van der Waals surface area contributed by atoms with Crippen LogP contribution < -0.4 is 0 Å². The van der Waals surface area contributed by atoms with Crippen LogP contribution in [0, 0.1) is 0 Å². The van der Waals surface area contributed by atoms with Crippen LogP contribution in [0.15, 0.2) is 48.1 Å². The number of hydrogen-bond donors (Lipinski definition) is 0. The van der Waals surface area contributed by atoms with Gasteiger partial charge in [0.1, 0.15) is 6.29 Å². The number of rotatable bonds is 3. The van der Waals surface area contributed by atoms with Gasteiger partial charge < -0.3 is 0 Å². The van der Waals surface area contributed by atoms with E-state index in [-0.39, 0.29) is 0 Å². The van der Waals surface area contributed by atoms with Gasteiger partial charge in [0, 0.05) is 0 Å². The average molecular weight is 172 g/mol. The van der Waals surface area contributed by atoms with Gasteiger partial charge in [0.15, 0.2) is 0 Å². The van der Waals surface area contributed by atoms with Crippen LogP contribution in [0.5, 0.6) is 0 Å². The van der Waals surface area contributed by atoms with E-state index in [2.05, 4.69) is 0 Å². The number of benzene rings is 1. The van der Waals surface area contributed by atoms with Crippen molar-refractivity contribution in [1.82, 2.24) is 0 Å². The van der Waals surface area contributed by atoms with Gasteiger partial charge in [-0.25, -0.2) is 0 Å². The molecule has 0 amide bonds. The molecule has 0 heterocycles. The van der Waals surface area contributed by atoms with Crippen molar-refractivity contribution in [2.75, 3.05) is 0 Å². The molecule has 1 aromatic rings. The molecule has 0 N–H and O–H groups in total. The lowest BCUT2D eigenvalue weighted by Gasteiger charge is -1.93. The number of carbonyl (C=O) groups is 1. The Morgan fingerprint density at radius 1 is 1.23 bits per heavy atom. The van der Waals surface area contributed by atoms with Gasteiger partial charge >= 0.3 is 0 Å². The van der Waals surface area contributed by atoms with Gasteiger partial charge in [-0.3, -0.25) is 4.79 Å². The largest absolute Gasteiger partial charge is 0.299 e. The molecule has 0 fully saturated rings. The van der Waals surface area contributed by atoms with Gasteiger partial charge in [-0.1, -0.05) is 48.1 Å². The van der Waals surface area contributed by atoms with E-state index in [1.807, 2.05) is 43.3 Å². The normalized spacial score (nSPS) is 11.9. The maximum Gasteiger partial charge on any atom is 0.142 e. The van der Waals surface area contributed by atoms with Crippen molar-refractivity contribution in [3.05, 3.63) is 53.6 Å². The number of carbonyl (C=O) groups excluding carboxylic acids is 1. The molecule has 0 bridgehead atoms. The summed E-state index contributed by atoms with van der Waals surface area (Å²) >= 11 is 0. The Hall–Kier alpha value is -1.63. The SMILES string of the molecule is CC(=C/c1ccccc1)/C=C/C=O. The minimum Gasteiger partial charge on any atom is -0.299 e. The zero-order valence-corrected chi connectivity index (χ0v) is 7.60. The summed E-state index contributed by atoms with van der Waals surface area (Å²) < 4.78 is 0. The van der Waals surface area contributed by atoms with Crippen molar-refractivity contribution in [2.24, 2.45) is 0 Å². The summed E-state index contributed by atoms with van der Waals surface area (Å²) in [6.45, 7) is 1.97. The highest BCUT2D eigenvalue weighted by atomic mass is 16.1. The summed E-state index contributed by atoms with van der Waals surface area (Å²) in [4.78, 5) is 10.0. The Morgan fingerprint density at radius 2 is 1.92 bits per heavy atom. The molecule has 13 heavy (non-hydrogen) atoms. The van der Waals surface area contributed by atoms with Crippen LogP contribution in [0.1, 0.15) is 12.5 Å². The van der Waals surface area contributed by atoms with Crippen molar-refractivity contribution in [1.29, 1.82) is 0 Å². The highest BCUT2D eigenvalue weighted by Crippen LogP contribution is 2.06. The van der Waals surface area contributed by atoms with Crippen LogP contribution in [-0.4, -0.2) is 6.29 Å². The van der Waals surface area contributed by atoms with Crippen LogP contribution in [0.2, 0.25) is 0 Å². The summed E-state index contributed by atoms with van der Waals surface area (Å²) in [5.41, 5.74) is 2.22. The Labute approximate surface area is 78.4 Å². The summed E-state index contributed by atoms with van der Waals surface area (Å²) in [6, 6.07) is 10.0. The molecule has 0 aromatic heterocycles. The molecular formula is C12H12O. The van der Waals surface area contributed by atoms with E-state index in [0.717, 1.165) is 17.4 Å². The predicted molar refractivity (Wildman–Crippen MR) is 55.3 cm³/mol. The first-order valence-corrected chi connectivity index (χ1v) is 4.18. The Morgan fingerprint density at radius 3 is 2.54 bits per heavy atom. The van der Waals surface area contributed by atoms with Crippen molar-refractivity contribution in [3.8, 4) is 0 Å². The fraction of sp³-hybridized carbons (Fsp3) is 0.0833. The van der Waals surface area contributed by atoms with E-state index >= 15 is 0 Å². The maximum atomic E-state index is 10.0. The summed E-state index contributed by atoms with van der Waals surface area (Å²) in [5.74, 6) is 0. The van der Waals surface area contributed by atoms with Gasteiger partial charge in [0.25, 0.3) is 0 Å². The van der Waals surface area contributed by atoms with E-state index in [4.69, 9.17) is 0 Å². The van der Waals surface area contributed by atoms with Crippen LogP contribution >= 0.6 is 0 Å². The highest BCUT2D eigenvalue weighted by molar-refractivity contribution is 5.67. The Balaban J connectivity index is 2.76. The molecular weight excluding hydrogens is 160 g/mol. The summed E-state index contributed by atoms with van der Waals surface area (Å²) in [6.07, 6.45) is 6.09. The van der Waals surface area contributed by atoms with Crippen LogP contribution in [-0.2, 0) is 4.79 Å². The van der Waals surface area contributed by atoms with Gasteiger partial charge in [0.05, 0.1) is 0 Å². The second kappa shape index (κ2) is 5.09. The zero-order chi connectivity index (χ0) is 9.52. The molecule has 0 aliphatic heterocycles. The molecule has 1 rings (SSSR count). The second-order valence-electron chi connectivity index (χ2n) is 2.79. The van der Waals surface area contributed by atoms with Gasteiger partial charge in [-0.2, -0.15) is 0 Å². The van der Waals surface area contributed by atoms with Crippen molar-refractivity contribution >= 4 is 12.4 Å². The van der Waals surface area contributed by atoms with Gasteiger partial charge in [-0.15, -0.1) is 0 Å². The molecule has 0 aliphatic rings. The van der Waals surface area contributed by atoms with E-state index < -0.39 is 0 Å². The fourth-order valence-corrected chi connectivity index (χ4v) is 1.05. The summed E-state index contributed by atoms with van der Waals surface area (Å²) in [7, 11) is 0. The standard InChI is InChI=1S/C12H12O/c1-11(6-5-9-13)10-12-7-3-2-4-8-12/h2-10H,1H3/b6-5+,11-10-. The molecule has 0 unspecified atom stereocenters. The molecule has 0 aliphatic carbocycles. The van der Waals surface area contributed by atoms with Crippen molar-refractivity contribution < 1.29 is 4.79 Å². The third-order valence-corrected chi connectivity index (χ3v) is 1.63. The van der Waals surface area contributed by atoms with Crippen molar-refractivity contribution in [2.45, 2.75) is 6.92 Å². The molecule has 1 nitrogen and oxygen atoms in total. The fourth-order valence-electron chi connectivity index (χ4n) is 1.05. The monoisotopic (exact) mass is 172 g/mol. The summed E-state index contributed by atoms with van der Waals surface area (Å²) in [5, 5.41) is 0. The van der Waals surface area contributed by atoms with E-state index in [1.165, 1.54) is 6.08 Å². The molecule has 0 saturated carbocycles. The van der Waals surface area contributed by atoms with E-state index in [1.54, 1.807) is 6.08 Å². The quantitative estimate of drug-likeness (QED) is 0.389. The van der Waals surface area contributed by atoms with Gasteiger partial charge in [-0.05, 0) is 18.6 Å². The Kier molecular flexibility index (Phi) is 3.71. The van der Waals surface area contributed by atoms with Crippen LogP contribution in [0.25, 0.3) is 6.08 Å². The predicted octanol–water partition coefficient (Wildman–Crippen LogP) is 2.85. The first kappa shape index (κ1) is 9.46. The molecule has 0 radical (unpaired) electrons. The minimum atomic E-state index is 0.780. The molecule has 0 saturated heterocycles. The molecule has 0 spiro atoms. The topological polar surface area (TPSA) is 17.1 Å². The van der Waals surface area contributed by atoms with Gasteiger partial charge in [0.2, 0.25) is 0 Å². The highest BCUT2D eigenvalue weighted by Gasteiger charge is 1.85. The van der Waals surface area contributed by atoms with Crippen LogP contribution in [0.4, 0.5) is 0 Å². The lowest BCUT2D eigenvalue weighted by atomic mass is 10.1. The molecule has 0 atom stereocenters. The molecule has 1 heteroatoms. The first-order chi connectivity index (χ1) is 6.33. The van der Waals surface area contributed by atoms with E-state index in [0.29, 0.717) is 0 Å². The maximum absolute atomic E-state index is 10.0.